The normalized spacial score (nSPS) is 32.6. The van der Waals surface area contributed by atoms with Gasteiger partial charge in [0.2, 0.25) is 0 Å². The van der Waals surface area contributed by atoms with E-state index in [-0.39, 0.29) is 4.87 Å². The molecule has 1 fully saturated rings. The maximum atomic E-state index is 6.55. The highest BCUT2D eigenvalue weighted by molar-refractivity contribution is 6.27. The minimum atomic E-state index is -0.133. The number of hydrogen-bond donors (Lipinski definition) is 0. The Morgan fingerprint density at radius 3 is 2.12 bits per heavy atom. The number of hydrogen-bond acceptors (Lipinski definition) is 0. The van der Waals surface area contributed by atoms with E-state index in [0.717, 1.165) is 0 Å². The molecule has 2 rings (SSSR count). The largest absolute Gasteiger partial charge is 0.118 e. The van der Waals surface area contributed by atoms with Gasteiger partial charge in [-0.1, -0.05) is 41.5 Å². The first-order valence-corrected chi connectivity index (χ1v) is 6.14. The lowest BCUT2D eigenvalue weighted by atomic mass is 10.0. The minimum absolute atomic E-state index is 0.133. The topological polar surface area (TPSA) is 0 Å². The van der Waals surface area contributed by atoms with Crippen LogP contribution in [0.15, 0.2) is 30.4 Å². The van der Waals surface area contributed by atoms with Crippen LogP contribution >= 0.6 is 11.6 Å². The molecule has 1 saturated carbocycles. The van der Waals surface area contributed by atoms with Crippen molar-refractivity contribution >= 4 is 11.6 Å². The van der Waals surface area contributed by atoms with Gasteiger partial charge in [0, 0.05) is 11.8 Å². The number of aryl methyl sites for hydroxylation is 2. The number of benzene rings is 1. The van der Waals surface area contributed by atoms with Crippen molar-refractivity contribution in [3.05, 3.63) is 47.0 Å². The Morgan fingerprint density at radius 1 is 1.25 bits per heavy atom. The van der Waals surface area contributed by atoms with Crippen molar-refractivity contribution in [3.8, 4) is 0 Å². The number of rotatable bonds is 2. The first-order chi connectivity index (χ1) is 7.34. The Bertz CT molecular complexity index is 422. The number of halogens is 1. The van der Waals surface area contributed by atoms with Gasteiger partial charge in [0.25, 0.3) is 0 Å². The number of alkyl halides is 1. The van der Waals surface area contributed by atoms with Gasteiger partial charge in [0.05, 0.1) is 4.87 Å². The third-order valence-corrected chi connectivity index (χ3v) is 4.04. The minimum Gasteiger partial charge on any atom is -0.118 e. The average Bonchev–Trinajstić information content (AvgIpc) is 2.67. The monoisotopic (exact) mass is 234 g/mol. The molecule has 0 bridgehead atoms. The van der Waals surface area contributed by atoms with Crippen LogP contribution in [-0.2, 0) is 0 Å². The van der Waals surface area contributed by atoms with Crippen LogP contribution in [0.3, 0.4) is 0 Å². The SMILES string of the molecule is C=C(C)C1C(c2cc(C)cc(C)c2)C1(C)Cl. The maximum absolute atomic E-state index is 6.55. The molecular formula is C15H19Cl. The molecule has 0 nitrogen and oxygen atoms in total. The Balaban J connectivity index is 2.37. The molecule has 16 heavy (non-hydrogen) atoms. The van der Waals surface area contributed by atoms with Crippen LogP contribution in [-0.4, -0.2) is 4.87 Å². The van der Waals surface area contributed by atoms with Crippen LogP contribution in [0, 0.1) is 19.8 Å². The van der Waals surface area contributed by atoms with Gasteiger partial charge in [-0.15, -0.1) is 11.6 Å². The van der Waals surface area contributed by atoms with Crippen LogP contribution in [0.4, 0.5) is 0 Å². The van der Waals surface area contributed by atoms with Gasteiger partial charge in [-0.3, -0.25) is 0 Å². The molecule has 0 spiro atoms. The summed E-state index contributed by atoms with van der Waals surface area (Å²) in [6.07, 6.45) is 0. The highest BCUT2D eigenvalue weighted by Gasteiger charge is 2.61. The third-order valence-electron chi connectivity index (χ3n) is 3.57. The first-order valence-electron chi connectivity index (χ1n) is 5.76. The maximum Gasteiger partial charge on any atom is 0.0564 e. The zero-order valence-corrected chi connectivity index (χ0v) is 11.2. The Morgan fingerprint density at radius 2 is 1.75 bits per heavy atom. The lowest BCUT2D eigenvalue weighted by molar-refractivity contribution is 0.894. The molecule has 86 valence electrons. The zero-order valence-electron chi connectivity index (χ0n) is 10.5. The molecule has 0 radical (unpaired) electrons. The van der Waals surface area contributed by atoms with Crippen LogP contribution in [0.5, 0.6) is 0 Å². The van der Waals surface area contributed by atoms with Gasteiger partial charge in [0.15, 0.2) is 0 Å². The van der Waals surface area contributed by atoms with E-state index in [4.69, 9.17) is 11.6 Å². The summed E-state index contributed by atoms with van der Waals surface area (Å²) >= 11 is 6.55. The molecule has 1 aliphatic carbocycles. The lowest BCUT2D eigenvalue weighted by Crippen LogP contribution is -1.96. The van der Waals surface area contributed by atoms with Gasteiger partial charge in [-0.05, 0) is 33.3 Å². The van der Waals surface area contributed by atoms with Crippen LogP contribution in [0.25, 0.3) is 0 Å². The Kier molecular flexibility index (Phi) is 2.66. The summed E-state index contributed by atoms with van der Waals surface area (Å²) in [7, 11) is 0. The van der Waals surface area contributed by atoms with Gasteiger partial charge in [-0.25, -0.2) is 0 Å². The van der Waals surface area contributed by atoms with Crippen molar-refractivity contribution in [1.82, 2.24) is 0 Å². The summed E-state index contributed by atoms with van der Waals surface area (Å²) < 4.78 is 0. The molecule has 0 aromatic heterocycles. The van der Waals surface area contributed by atoms with E-state index in [9.17, 15) is 0 Å². The fraction of sp³-hybridized carbons (Fsp3) is 0.467. The van der Waals surface area contributed by atoms with Crippen molar-refractivity contribution in [2.24, 2.45) is 5.92 Å². The molecular weight excluding hydrogens is 216 g/mol. The summed E-state index contributed by atoms with van der Waals surface area (Å²) in [6.45, 7) is 12.5. The van der Waals surface area contributed by atoms with Crippen molar-refractivity contribution < 1.29 is 0 Å². The second-order valence-corrected chi connectivity index (χ2v) is 6.19. The van der Waals surface area contributed by atoms with E-state index in [0.29, 0.717) is 11.8 Å². The van der Waals surface area contributed by atoms with Crippen molar-refractivity contribution in [2.75, 3.05) is 0 Å². The predicted octanol–water partition coefficient (Wildman–Crippen LogP) is 4.59. The van der Waals surface area contributed by atoms with Crippen LogP contribution in [0.2, 0.25) is 0 Å². The summed E-state index contributed by atoms with van der Waals surface area (Å²) in [5, 5.41) is 0. The smallest absolute Gasteiger partial charge is 0.0564 e. The second-order valence-electron chi connectivity index (χ2n) is 5.37. The molecule has 1 heteroatoms. The highest BCUT2D eigenvalue weighted by atomic mass is 35.5. The highest BCUT2D eigenvalue weighted by Crippen LogP contribution is 2.64. The summed E-state index contributed by atoms with van der Waals surface area (Å²) in [4.78, 5) is -0.133. The quantitative estimate of drug-likeness (QED) is 0.519. The van der Waals surface area contributed by atoms with Gasteiger partial charge in [-0.2, -0.15) is 0 Å². The first kappa shape index (κ1) is 11.7. The standard InChI is InChI=1S/C15H19Cl/c1-9(2)13-14(15(13,5)16)12-7-10(3)6-11(4)8-12/h6-8,13-14H,1H2,2-5H3. The van der Waals surface area contributed by atoms with Crippen molar-refractivity contribution in [3.63, 3.8) is 0 Å². The summed E-state index contributed by atoms with van der Waals surface area (Å²) in [6, 6.07) is 6.70. The molecule has 0 N–H and O–H groups in total. The van der Waals surface area contributed by atoms with Crippen LogP contribution in [0.1, 0.15) is 36.5 Å². The molecule has 1 aromatic carbocycles. The molecule has 0 aliphatic heterocycles. The fourth-order valence-electron chi connectivity index (χ4n) is 2.96. The van der Waals surface area contributed by atoms with E-state index >= 15 is 0 Å². The van der Waals surface area contributed by atoms with E-state index in [2.05, 4.69) is 52.5 Å². The molecule has 0 amide bonds. The Hall–Kier alpha value is -0.750. The lowest BCUT2D eigenvalue weighted by Gasteiger charge is -2.05. The third kappa shape index (κ3) is 1.80. The average molecular weight is 235 g/mol. The van der Waals surface area contributed by atoms with Gasteiger partial charge in [0.1, 0.15) is 0 Å². The van der Waals surface area contributed by atoms with Crippen LogP contribution < -0.4 is 0 Å². The van der Waals surface area contributed by atoms with Gasteiger partial charge >= 0.3 is 0 Å². The Labute approximate surface area is 103 Å². The van der Waals surface area contributed by atoms with E-state index in [1.54, 1.807) is 0 Å². The summed E-state index contributed by atoms with van der Waals surface area (Å²) in [5.41, 5.74) is 5.19. The fourth-order valence-corrected chi connectivity index (χ4v) is 3.46. The molecule has 1 aromatic rings. The zero-order chi connectivity index (χ0) is 12.1. The predicted molar refractivity (Wildman–Crippen MR) is 71.2 cm³/mol. The van der Waals surface area contributed by atoms with E-state index in [1.165, 1.54) is 22.3 Å². The molecule has 0 heterocycles. The van der Waals surface area contributed by atoms with Crippen molar-refractivity contribution in [2.45, 2.75) is 38.5 Å². The van der Waals surface area contributed by atoms with Crippen molar-refractivity contribution in [1.29, 1.82) is 0 Å². The molecule has 3 atom stereocenters. The molecule has 1 aliphatic rings. The van der Waals surface area contributed by atoms with E-state index in [1.807, 2.05) is 0 Å². The summed E-state index contributed by atoms with van der Waals surface area (Å²) in [5.74, 6) is 0.862. The molecule has 3 unspecified atom stereocenters. The molecule has 0 saturated heterocycles. The van der Waals surface area contributed by atoms with E-state index < -0.39 is 0 Å². The second kappa shape index (κ2) is 3.63. The number of allylic oxidation sites excluding steroid dienone is 1. The van der Waals surface area contributed by atoms with Gasteiger partial charge < -0.3 is 0 Å².